The zero-order valence-corrected chi connectivity index (χ0v) is 11.3. The number of anilines is 1. The lowest BCUT2D eigenvalue weighted by atomic mass is 10.3. The zero-order chi connectivity index (χ0) is 13.1. The minimum Gasteiger partial charge on any atom is -0.337 e. The Morgan fingerprint density at radius 2 is 2.00 bits per heavy atom. The van der Waals surface area contributed by atoms with Gasteiger partial charge in [-0.3, -0.25) is 0 Å². The molecule has 3 rings (SSSR count). The average Bonchev–Trinajstić information content (AvgIpc) is 3.10. The number of hydrogen-bond acceptors (Lipinski definition) is 5. The van der Waals surface area contributed by atoms with Crippen molar-refractivity contribution in [2.45, 2.75) is 6.54 Å². The third kappa shape index (κ3) is 2.48. The van der Waals surface area contributed by atoms with E-state index in [0.717, 1.165) is 18.2 Å². The van der Waals surface area contributed by atoms with Crippen molar-refractivity contribution in [1.29, 1.82) is 0 Å². The third-order valence-electron chi connectivity index (χ3n) is 2.77. The number of para-hydroxylation sites is 1. The Balaban J connectivity index is 1.88. The van der Waals surface area contributed by atoms with Crippen molar-refractivity contribution in [2.75, 3.05) is 11.9 Å². The molecule has 0 aliphatic carbocycles. The molecule has 0 saturated carbocycles. The first-order valence-corrected chi connectivity index (χ1v) is 6.80. The highest BCUT2D eigenvalue weighted by molar-refractivity contribution is 7.09. The molecule has 1 aromatic carbocycles. The summed E-state index contributed by atoms with van der Waals surface area (Å²) >= 11 is 1.73. The maximum Gasteiger partial charge on any atom is 0.250 e. The van der Waals surface area contributed by atoms with Crippen molar-refractivity contribution in [3.63, 3.8) is 0 Å². The van der Waals surface area contributed by atoms with Crippen LogP contribution in [0.1, 0.15) is 4.88 Å². The molecule has 0 saturated heterocycles. The van der Waals surface area contributed by atoms with Crippen LogP contribution in [-0.4, -0.2) is 27.3 Å². The lowest BCUT2D eigenvalue weighted by molar-refractivity contribution is 0.773. The Morgan fingerprint density at radius 3 is 2.74 bits per heavy atom. The molecule has 0 bridgehead atoms. The number of aromatic nitrogens is 4. The second-order valence-electron chi connectivity index (χ2n) is 4.16. The van der Waals surface area contributed by atoms with E-state index in [4.69, 9.17) is 0 Å². The summed E-state index contributed by atoms with van der Waals surface area (Å²) < 4.78 is 1.74. The number of rotatable bonds is 4. The molecular weight excluding hydrogens is 258 g/mol. The van der Waals surface area contributed by atoms with Gasteiger partial charge in [0.15, 0.2) is 0 Å². The number of tetrazole rings is 1. The molecular formula is C13H13N5S. The van der Waals surface area contributed by atoms with Crippen LogP contribution in [-0.2, 0) is 6.54 Å². The van der Waals surface area contributed by atoms with E-state index < -0.39 is 0 Å². The van der Waals surface area contributed by atoms with Crippen LogP contribution >= 0.6 is 11.3 Å². The van der Waals surface area contributed by atoms with Crippen molar-refractivity contribution >= 4 is 17.3 Å². The highest BCUT2D eigenvalue weighted by Gasteiger charge is 2.13. The van der Waals surface area contributed by atoms with E-state index in [-0.39, 0.29) is 0 Å². The molecule has 0 fully saturated rings. The summed E-state index contributed by atoms with van der Waals surface area (Å²) in [5.41, 5.74) is 0.959. The molecule has 96 valence electrons. The van der Waals surface area contributed by atoms with Gasteiger partial charge in [-0.2, -0.15) is 4.68 Å². The van der Waals surface area contributed by atoms with E-state index in [0.29, 0.717) is 0 Å². The van der Waals surface area contributed by atoms with Crippen molar-refractivity contribution < 1.29 is 0 Å². The molecule has 0 atom stereocenters. The van der Waals surface area contributed by atoms with Crippen LogP contribution in [0.25, 0.3) is 5.69 Å². The van der Waals surface area contributed by atoms with Crippen molar-refractivity contribution in [1.82, 2.24) is 20.2 Å². The highest BCUT2D eigenvalue weighted by atomic mass is 32.1. The molecule has 0 amide bonds. The van der Waals surface area contributed by atoms with Crippen LogP contribution in [0.5, 0.6) is 0 Å². The summed E-state index contributed by atoms with van der Waals surface area (Å²) in [6.45, 7) is 0.797. The predicted molar refractivity (Wildman–Crippen MR) is 75.6 cm³/mol. The van der Waals surface area contributed by atoms with Gasteiger partial charge in [0.05, 0.1) is 12.2 Å². The fraction of sp³-hybridized carbons (Fsp3) is 0.154. The fourth-order valence-corrected chi connectivity index (χ4v) is 2.62. The molecule has 0 aliphatic rings. The second kappa shape index (κ2) is 5.19. The Kier molecular flexibility index (Phi) is 3.24. The van der Waals surface area contributed by atoms with Gasteiger partial charge < -0.3 is 4.90 Å². The lowest BCUT2D eigenvalue weighted by Crippen LogP contribution is -2.20. The van der Waals surface area contributed by atoms with Gasteiger partial charge in [0.2, 0.25) is 5.95 Å². The van der Waals surface area contributed by atoms with E-state index in [1.807, 2.05) is 48.3 Å². The SMILES string of the molecule is CN(Cc1cccs1)c1nnnn1-c1ccccc1. The largest absolute Gasteiger partial charge is 0.337 e. The average molecular weight is 271 g/mol. The first-order valence-electron chi connectivity index (χ1n) is 5.92. The van der Waals surface area contributed by atoms with Crippen LogP contribution < -0.4 is 4.90 Å². The van der Waals surface area contributed by atoms with E-state index >= 15 is 0 Å². The summed E-state index contributed by atoms with van der Waals surface area (Å²) in [6, 6.07) is 14.0. The molecule has 0 radical (unpaired) electrons. The van der Waals surface area contributed by atoms with Gasteiger partial charge in [-0.15, -0.1) is 11.3 Å². The van der Waals surface area contributed by atoms with Crippen LogP contribution in [0.4, 0.5) is 5.95 Å². The van der Waals surface area contributed by atoms with E-state index in [1.54, 1.807) is 16.0 Å². The van der Waals surface area contributed by atoms with Gasteiger partial charge >= 0.3 is 0 Å². The van der Waals surface area contributed by atoms with Gasteiger partial charge in [0.1, 0.15) is 0 Å². The van der Waals surface area contributed by atoms with E-state index in [9.17, 15) is 0 Å². The molecule has 0 unspecified atom stereocenters. The maximum absolute atomic E-state index is 4.11. The van der Waals surface area contributed by atoms with Crippen molar-refractivity contribution in [2.24, 2.45) is 0 Å². The Hall–Kier alpha value is -2.21. The number of thiophene rings is 1. The standard InChI is InChI=1S/C13H13N5S/c1-17(10-12-8-5-9-19-12)13-14-15-16-18(13)11-6-3-2-4-7-11/h2-9H,10H2,1H3. The molecule has 6 heteroatoms. The minimum atomic E-state index is 0.736. The Morgan fingerprint density at radius 1 is 1.16 bits per heavy atom. The third-order valence-corrected chi connectivity index (χ3v) is 3.63. The summed E-state index contributed by atoms with van der Waals surface area (Å²) in [4.78, 5) is 3.32. The molecule has 0 aliphatic heterocycles. The van der Waals surface area contributed by atoms with Gasteiger partial charge in [-0.25, -0.2) is 0 Å². The molecule has 0 spiro atoms. The fourth-order valence-electron chi connectivity index (χ4n) is 1.86. The molecule has 0 N–H and O–H groups in total. The van der Waals surface area contributed by atoms with Gasteiger partial charge in [0, 0.05) is 11.9 Å². The van der Waals surface area contributed by atoms with Crippen molar-refractivity contribution in [3.05, 3.63) is 52.7 Å². The van der Waals surface area contributed by atoms with Crippen LogP contribution in [0.2, 0.25) is 0 Å². The zero-order valence-electron chi connectivity index (χ0n) is 10.5. The van der Waals surface area contributed by atoms with E-state index in [2.05, 4.69) is 27.0 Å². The first kappa shape index (κ1) is 11.9. The summed E-state index contributed by atoms with van der Waals surface area (Å²) in [7, 11) is 1.99. The second-order valence-corrected chi connectivity index (χ2v) is 5.19. The first-order chi connectivity index (χ1) is 9.34. The normalized spacial score (nSPS) is 10.6. The number of nitrogens with zero attached hydrogens (tertiary/aromatic N) is 5. The van der Waals surface area contributed by atoms with Gasteiger partial charge in [0.25, 0.3) is 0 Å². The Bertz CT molecular complexity index is 632. The monoisotopic (exact) mass is 271 g/mol. The molecule has 5 nitrogen and oxygen atoms in total. The van der Waals surface area contributed by atoms with E-state index in [1.165, 1.54) is 4.88 Å². The maximum atomic E-state index is 4.11. The minimum absolute atomic E-state index is 0.736. The highest BCUT2D eigenvalue weighted by Crippen LogP contribution is 2.18. The van der Waals surface area contributed by atoms with Crippen LogP contribution in [0.15, 0.2) is 47.8 Å². The van der Waals surface area contributed by atoms with Crippen LogP contribution in [0.3, 0.4) is 0 Å². The quantitative estimate of drug-likeness (QED) is 0.731. The molecule has 3 aromatic rings. The Labute approximate surface area is 115 Å². The topological polar surface area (TPSA) is 46.8 Å². The summed E-state index contributed by atoms with van der Waals surface area (Å²) in [5.74, 6) is 0.736. The number of benzene rings is 1. The van der Waals surface area contributed by atoms with Crippen LogP contribution in [0, 0.1) is 0 Å². The van der Waals surface area contributed by atoms with Gasteiger partial charge in [-0.1, -0.05) is 29.4 Å². The number of hydrogen-bond donors (Lipinski definition) is 0. The van der Waals surface area contributed by atoms with Crippen molar-refractivity contribution in [3.8, 4) is 5.69 Å². The molecule has 19 heavy (non-hydrogen) atoms. The van der Waals surface area contributed by atoms with Gasteiger partial charge in [-0.05, 0) is 34.0 Å². The molecule has 2 heterocycles. The smallest absolute Gasteiger partial charge is 0.250 e. The molecule has 2 aromatic heterocycles. The summed E-state index contributed by atoms with van der Waals surface area (Å²) in [6.07, 6.45) is 0. The predicted octanol–water partition coefficient (Wildman–Crippen LogP) is 2.36. The summed E-state index contributed by atoms with van der Waals surface area (Å²) in [5, 5.41) is 14.0. The lowest BCUT2D eigenvalue weighted by Gasteiger charge is -2.16.